The molecule has 5 heteroatoms. The van der Waals surface area contributed by atoms with Crippen molar-refractivity contribution in [2.45, 2.75) is 0 Å². The van der Waals surface area contributed by atoms with Gasteiger partial charge in [-0.3, -0.25) is 0 Å². The number of rotatable bonds is 4. The number of benzene rings is 6. The number of hydrogen-bond acceptors (Lipinski definition) is 5. The van der Waals surface area contributed by atoms with E-state index in [1.54, 1.807) is 11.3 Å². The van der Waals surface area contributed by atoms with Crippen LogP contribution >= 0.6 is 11.3 Å². The highest BCUT2D eigenvalue weighted by Crippen LogP contribution is 2.39. The van der Waals surface area contributed by atoms with Gasteiger partial charge in [-0.05, 0) is 47.5 Å². The molecule has 0 unspecified atom stereocenters. The standard InChI is InChI=1S/C39H23N3OS/c1-3-9-24(10-4-1)26-15-18-30-31-19-16-28(23-36(31)44-35(30)22-26)39-41-37(25-11-5-2-6-12-25)40-38(42-39)27-17-20-34-32(21-27)29-13-7-8-14-33(29)43-34/h1-23H. The molecule has 9 rings (SSSR count). The van der Waals surface area contributed by atoms with Crippen molar-refractivity contribution in [2.24, 2.45) is 0 Å². The van der Waals surface area contributed by atoms with Crippen molar-refractivity contribution < 1.29 is 4.42 Å². The second-order valence-electron chi connectivity index (χ2n) is 10.9. The normalized spacial score (nSPS) is 11.6. The fourth-order valence-electron chi connectivity index (χ4n) is 5.94. The second kappa shape index (κ2) is 9.97. The number of aromatic nitrogens is 3. The molecule has 0 radical (unpaired) electrons. The molecule has 6 aromatic carbocycles. The Labute approximate surface area is 256 Å². The summed E-state index contributed by atoms with van der Waals surface area (Å²) in [6, 6.07) is 48.1. The highest BCUT2D eigenvalue weighted by atomic mass is 32.1. The summed E-state index contributed by atoms with van der Waals surface area (Å²) < 4.78 is 8.55. The van der Waals surface area contributed by atoms with Gasteiger partial charge in [-0.25, -0.2) is 15.0 Å². The van der Waals surface area contributed by atoms with E-state index in [2.05, 4.69) is 78.9 Å². The largest absolute Gasteiger partial charge is 0.456 e. The van der Waals surface area contributed by atoms with Crippen LogP contribution < -0.4 is 0 Å². The molecule has 0 saturated heterocycles. The topological polar surface area (TPSA) is 51.8 Å². The summed E-state index contributed by atoms with van der Waals surface area (Å²) in [7, 11) is 0. The molecule has 44 heavy (non-hydrogen) atoms. The zero-order chi connectivity index (χ0) is 29.0. The minimum Gasteiger partial charge on any atom is -0.456 e. The molecule has 0 spiro atoms. The van der Waals surface area contributed by atoms with E-state index in [9.17, 15) is 0 Å². The lowest BCUT2D eigenvalue weighted by Gasteiger charge is -2.08. The Bertz CT molecular complexity index is 2500. The lowest BCUT2D eigenvalue weighted by atomic mass is 10.0. The second-order valence-corrected chi connectivity index (χ2v) is 12.0. The number of para-hydroxylation sites is 1. The van der Waals surface area contributed by atoms with Gasteiger partial charge in [0.25, 0.3) is 0 Å². The molecule has 3 heterocycles. The molecule has 3 aromatic heterocycles. The summed E-state index contributed by atoms with van der Waals surface area (Å²) in [5.74, 6) is 1.92. The van der Waals surface area contributed by atoms with Gasteiger partial charge in [-0.1, -0.05) is 103 Å². The van der Waals surface area contributed by atoms with E-state index in [1.165, 1.54) is 31.3 Å². The summed E-state index contributed by atoms with van der Waals surface area (Å²) in [6.07, 6.45) is 0. The lowest BCUT2D eigenvalue weighted by Crippen LogP contribution is -2.00. The fourth-order valence-corrected chi connectivity index (χ4v) is 7.13. The van der Waals surface area contributed by atoms with Crippen LogP contribution in [0.4, 0.5) is 0 Å². The van der Waals surface area contributed by atoms with E-state index in [4.69, 9.17) is 19.4 Å². The van der Waals surface area contributed by atoms with Crippen molar-refractivity contribution in [3.8, 4) is 45.3 Å². The smallest absolute Gasteiger partial charge is 0.164 e. The minimum atomic E-state index is 0.630. The third kappa shape index (κ3) is 4.17. The van der Waals surface area contributed by atoms with Crippen molar-refractivity contribution >= 4 is 53.4 Å². The first-order valence-corrected chi connectivity index (χ1v) is 15.3. The number of hydrogen-bond donors (Lipinski definition) is 0. The fraction of sp³-hybridized carbons (Fsp3) is 0. The molecule has 0 atom stereocenters. The number of nitrogens with zero attached hydrogens (tertiary/aromatic N) is 3. The molecule has 206 valence electrons. The molecule has 0 N–H and O–H groups in total. The van der Waals surface area contributed by atoms with Gasteiger partial charge in [-0.2, -0.15) is 0 Å². The van der Waals surface area contributed by atoms with Crippen molar-refractivity contribution in [3.63, 3.8) is 0 Å². The number of fused-ring (bicyclic) bond motifs is 6. The highest BCUT2D eigenvalue weighted by molar-refractivity contribution is 7.25. The van der Waals surface area contributed by atoms with Crippen LogP contribution in [0.25, 0.3) is 87.4 Å². The maximum atomic E-state index is 6.08. The monoisotopic (exact) mass is 581 g/mol. The predicted molar refractivity (Wildman–Crippen MR) is 182 cm³/mol. The van der Waals surface area contributed by atoms with Crippen molar-refractivity contribution in [3.05, 3.63) is 140 Å². The van der Waals surface area contributed by atoms with Crippen LogP contribution in [0.15, 0.2) is 144 Å². The van der Waals surface area contributed by atoms with Gasteiger partial charge < -0.3 is 4.42 Å². The lowest BCUT2D eigenvalue weighted by molar-refractivity contribution is 0.669. The van der Waals surface area contributed by atoms with Crippen molar-refractivity contribution in [2.75, 3.05) is 0 Å². The summed E-state index contributed by atoms with van der Waals surface area (Å²) in [5.41, 5.74) is 6.99. The van der Waals surface area contributed by atoms with Crippen LogP contribution in [0.3, 0.4) is 0 Å². The molecule has 4 nitrogen and oxygen atoms in total. The number of thiophene rings is 1. The van der Waals surface area contributed by atoms with Crippen LogP contribution in [0.2, 0.25) is 0 Å². The Kier molecular flexibility index (Phi) is 5.64. The molecule has 0 aliphatic heterocycles. The van der Waals surface area contributed by atoms with Gasteiger partial charge in [0.1, 0.15) is 11.2 Å². The van der Waals surface area contributed by atoms with Crippen LogP contribution in [-0.2, 0) is 0 Å². The van der Waals surface area contributed by atoms with Gasteiger partial charge in [0.05, 0.1) is 0 Å². The minimum absolute atomic E-state index is 0.630. The van der Waals surface area contributed by atoms with Crippen LogP contribution in [0.1, 0.15) is 0 Å². The van der Waals surface area contributed by atoms with Gasteiger partial charge in [0.15, 0.2) is 17.5 Å². The van der Waals surface area contributed by atoms with E-state index < -0.39 is 0 Å². The molecule has 0 aliphatic rings. The van der Waals surface area contributed by atoms with E-state index in [0.717, 1.165) is 38.6 Å². The van der Waals surface area contributed by atoms with Crippen LogP contribution in [0, 0.1) is 0 Å². The van der Waals surface area contributed by atoms with Gasteiger partial charge in [0, 0.05) is 47.6 Å². The first-order valence-electron chi connectivity index (χ1n) is 14.5. The van der Waals surface area contributed by atoms with Gasteiger partial charge in [-0.15, -0.1) is 11.3 Å². The Morgan fingerprint density at radius 1 is 0.364 bits per heavy atom. The molecular weight excluding hydrogens is 559 g/mol. The van der Waals surface area contributed by atoms with Gasteiger partial charge >= 0.3 is 0 Å². The summed E-state index contributed by atoms with van der Waals surface area (Å²) in [4.78, 5) is 15.0. The molecular formula is C39H23N3OS. The first kappa shape index (κ1) is 24.9. The molecule has 0 saturated carbocycles. The average Bonchev–Trinajstić information content (AvgIpc) is 3.66. The third-order valence-corrected chi connectivity index (χ3v) is 9.26. The Morgan fingerprint density at radius 3 is 1.61 bits per heavy atom. The Morgan fingerprint density at radius 2 is 0.886 bits per heavy atom. The van der Waals surface area contributed by atoms with Crippen molar-refractivity contribution in [1.29, 1.82) is 0 Å². The van der Waals surface area contributed by atoms with E-state index in [1.807, 2.05) is 60.7 Å². The maximum Gasteiger partial charge on any atom is 0.164 e. The van der Waals surface area contributed by atoms with Crippen LogP contribution in [0.5, 0.6) is 0 Å². The number of furan rings is 1. The molecule has 9 aromatic rings. The summed E-state index contributed by atoms with van der Waals surface area (Å²) in [6.45, 7) is 0. The quantitative estimate of drug-likeness (QED) is 0.207. The molecule has 0 fully saturated rings. The predicted octanol–water partition coefficient (Wildman–Crippen LogP) is 10.8. The zero-order valence-electron chi connectivity index (χ0n) is 23.4. The molecule has 0 amide bonds. The van der Waals surface area contributed by atoms with Crippen molar-refractivity contribution in [1.82, 2.24) is 15.0 Å². The first-order chi connectivity index (χ1) is 21.8. The molecule has 0 aliphatic carbocycles. The van der Waals surface area contributed by atoms with Crippen LogP contribution in [-0.4, -0.2) is 15.0 Å². The van der Waals surface area contributed by atoms with E-state index in [0.29, 0.717) is 17.5 Å². The average molecular weight is 582 g/mol. The Balaban J connectivity index is 1.20. The van der Waals surface area contributed by atoms with Gasteiger partial charge in [0.2, 0.25) is 0 Å². The molecule has 0 bridgehead atoms. The third-order valence-electron chi connectivity index (χ3n) is 8.14. The highest BCUT2D eigenvalue weighted by Gasteiger charge is 2.16. The SMILES string of the molecule is c1ccc(-c2ccc3c(c2)sc2cc(-c4nc(-c5ccccc5)nc(-c5ccc6oc7ccccc7c6c5)n4)ccc23)cc1. The van der Waals surface area contributed by atoms with E-state index >= 15 is 0 Å². The Hall–Kier alpha value is -5.65. The van der Waals surface area contributed by atoms with E-state index in [-0.39, 0.29) is 0 Å². The maximum absolute atomic E-state index is 6.08. The summed E-state index contributed by atoms with van der Waals surface area (Å²) in [5, 5.41) is 4.62. The zero-order valence-corrected chi connectivity index (χ0v) is 24.3. The summed E-state index contributed by atoms with van der Waals surface area (Å²) >= 11 is 1.80.